The molecule has 3 rings (SSSR count). The van der Waals surface area contributed by atoms with E-state index in [9.17, 15) is 0 Å². The van der Waals surface area contributed by atoms with Gasteiger partial charge in [0.15, 0.2) is 5.82 Å². The molecule has 4 nitrogen and oxygen atoms in total. The van der Waals surface area contributed by atoms with Gasteiger partial charge in [0, 0.05) is 17.5 Å². The average molecular weight is 278 g/mol. The van der Waals surface area contributed by atoms with Crippen LogP contribution < -0.4 is 0 Å². The number of nitrogens with zero attached hydrogens (tertiary/aromatic N) is 4. The summed E-state index contributed by atoms with van der Waals surface area (Å²) in [6.45, 7) is 4.22. The van der Waals surface area contributed by atoms with E-state index in [4.69, 9.17) is 0 Å². The van der Waals surface area contributed by atoms with Crippen molar-refractivity contribution < 1.29 is 0 Å². The normalized spacial score (nSPS) is 10.8. The number of hydrogen-bond acceptors (Lipinski definition) is 3. The van der Waals surface area contributed by atoms with E-state index in [0.29, 0.717) is 0 Å². The van der Waals surface area contributed by atoms with E-state index >= 15 is 0 Å². The van der Waals surface area contributed by atoms with Crippen LogP contribution in [-0.2, 0) is 6.42 Å². The van der Waals surface area contributed by atoms with Crippen molar-refractivity contribution in [3.63, 3.8) is 0 Å². The maximum absolute atomic E-state index is 4.56. The van der Waals surface area contributed by atoms with E-state index in [2.05, 4.69) is 47.1 Å². The zero-order valence-corrected chi connectivity index (χ0v) is 12.3. The summed E-state index contributed by atoms with van der Waals surface area (Å²) in [5.41, 5.74) is 4.35. The number of hydrogen-bond donors (Lipinski definition) is 0. The first kappa shape index (κ1) is 13.5. The van der Waals surface area contributed by atoms with Crippen molar-refractivity contribution in [3.8, 4) is 17.1 Å². The molecular weight excluding hydrogens is 260 g/mol. The molecule has 1 aromatic carbocycles. The summed E-state index contributed by atoms with van der Waals surface area (Å²) in [4.78, 5) is 8.77. The quantitative estimate of drug-likeness (QED) is 0.732. The topological polar surface area (TPSA) is 43.6 Å². The van der Waals surface area contributed by atoms with Gasteiger partial charge in [-0.15, -0.1) is 5.10 Å². The van der Waals surface area contributed by atoms with E-state index in [1.54, 1.807) is 11.0 Å². The highest BCUT2D eigenvalue weighted by Gasteiger charge is 2.06. The second-order valence-corrected chi connectivity index (χ2v) is 5.13. The molecule has 0 saturated heterocycles. The molecule has 2 aromatic heterocycles. The van der Waals surface area contributed by atoms with Crippen LogP contribution in [0.15, 0.2) is 48.9 Å². The number of benzene rings is 1. The van der Waals surface area contributed by atoms with Gasteiger partial charge >= 0.3 is 0 Å². The van der Waals surface area contributed by atoms with Crippen molar-refractivity contribution in [2.45, 2.75) is 26.7 Å². The summed E-state index contributed by atoms with van der Waals surface area (Å²) in [7, 11) is 0. The lowest BCUT2D eigenvalue weighted by molar-refractivity contribution is 0.849. The molecule has 0 aliphatic carbocycles. The first-order valence-corrected chi connectivity index (χ1v) is 7.20. The number of aryl methyl sites for hydroxylation is 2. The van der Waals surface area contributed by atoms with Gasteiger partial charge in [-0.3, -0.25) is 4.98 Å². The molecule has 0 radical (unpaired) electrons. The van der Waals surface area contributed by atoms with Crippen molar-refractivity contribution >= 4 is 0 Å². The van der Waals surface area contributed by atoms with Crippen LogP contribution in [0, 0.1) is 6.92 Å². The lowest BCUT2D eigenvalue weighted by Gasteiger charge is -2.03. The molecule has 0 aliphatic rings. The maximum Gasteiger partial charge on any atom is 0.181 e. The molecule has 21 heavy (non-hydrogen) atoms. The fraction of sp³-hybridized carbons (Fsp3) is 0.235. The van der Waals surface area contributed by atoms with Gasteiger partial charge in [-0.1, -0.05) is 43.2 Å². The van der Waals surface area contributed by atoms with Crippen molar-refractivity contribution in [1.29, 1.82) is 0 Å². The Bertz CT molecular complexity index is 729. The zero-order chi connectivity index (χ0) is 14.7. The Morgan fingerprint density at radius 1 is 1.05 bits per heavy atom. The van der Waals surface area contributed by atoms with Crippen LogP contribution in [0.3, 0.4) is 0 Å². The van der Waals surface area contributed by atoms with Gasteiger partial charge in [-0.2, -0.15) is 0 Å². The van der Waals surface area contributed by atoms with Crippen molar-refractivity contribution in [1.82, 2.24) is 19.7 Å². The number of aromatic nitrogens is 4. The minimum atomic E-state index is 0.740. The van der Waals surface area contributed by atoms with Crippen molar-refractivity contribution in [2.24, 2.45) is 0 Å². The predicted octanol–water partition coefficient (Wildman–Crippen LogP) is 3.59. The summed E-state index contributed by atoms with van der Waals surface area (Å²) in [6.07, 6.45) is 5.64. The van der Waals surface area contributed by atoms with E-state index in [0.717, 1.165) is 35.6 Å². The third-order valence-electron chi connectivity index (χ3n) is 3.37. The van der Waals surface area contributed by atoms with Crippen LogP contribution in [0.5, 0.6) is 0 Å². The molecule has 0 spiro atoms. The van der Waals surface area contributed by atoms with Gasteiger partial charge < -0.3 is 0 Å². The molecule has 0 atom stereocenters. The second kappa shape index (κ2) is 5.87. The highest BCUT2D eigenvalue weighted by Crippen LogP contribution is 2.16. The highest BCUT2D eigenvalue weighted by molar-refractivity contribution is 5.55. The Kier molecular flexibility index (Phi) is 3.77. The molecular formula is C17H18N4. The molecule has 0 aliphatic heterocycles. The second-order valence-electron chi connectivity index (χ2n) is 5.13. The summed E-state index contributed by atoms with van der Waals surface area (Å²) in [5.74, 6) is 0.740. The minimum absolute atomic E-state index is 0.740. The van der Waals surface area contributed by atoms with Crippen molar-refractivity contribution in [3.05, 3.63) is 60.2 Å². The van der Waals surface area contributed by atoms with Crippen molar-refractivity contribution in [2.75, 3.05) is 0 Å². The zero-order valence-electron chi connectivity index (χ0n) is 12.3. The standard InChI is InChI=1S/C17H18N4/c1-3-4-15-11-16(9-10-18-15)21-12-19-17(20-21)14-7-5-13(2)6-8-14/h5-12H,3-4H2,1-2H3. The van der Waals surface area contributed by atoms with Gasteiger partial charge in [-0.25, -0.2) is 9.67 Å². The monoisotopic (exact) mass is 278 g/mol. The summed E-state index contributed by atoms with van der Waals surface area (Å²) in [5, 5.41) is 4.56. The fourth-order valence-electron chi connectivity index (χ4n) is 2.22. The first-order chi connectivity index (χ1) is 10.3. The van der Waals surface area contributed by atoms with E-state index < -0.39 is 0 Å². The van der Waals surface area contributed by atoms with Crippen LogP contribution in [0.1, 0.15) is 24.6 Å². The van der Waals surface area contributed by atoms with Gasteiger partial charge in [0.05, 0.1) is 5.69 Å². The molecule has 0 unspecified atom stereocenters. The van der Waals surface area contributed by atoms with Crippen LogP contribution in [0.4, 0.5) is 0 Å². The van der Waals surface area contributed by atoms with E-state index in [1.165, 1.54) is 5.56 Å². The van der Waals surface area contributed by atoms with Crippen LogP contribution >= 0.6 is 0 Å². The predicted molar refractivity (Wildman–Crippen MR) is 83.3 cm³/mol. The summed E-state index contributed by atoms with van der Waals surface area (Å²) < 4.78 is 1.80. The molecule has 0 saturated carbocycles. The largest absolute Gasteiger partial charge is 0.261 e. The molecule has 0 N–H and O–H groups in total. The Labute approximate surface area is 124 Å². The molecule has 106 valence electrons. The Morgan fingerprint density at radius 3 is 2.62 bits per heavy atom. The minimum Gasteiger partial charge on any atom is -0.261 e. The number of rotatable bonds is 4. The van der Waals surface area contributed by atoms with Crippen LogP contribution in [0.2, 0.25) is 0 Å². The van der Waals surface area contributed by atoms with Gasteiger partial charge in [0.25, 0.3) is 0 Å². The third-order valence-corrected chi connectivity index (χ3v) is 3.37. The molecule has 0 amide bonds. The van der Waals surface area contributed by atoms with Gasteiger partial charge in [0.1, 0.15) is 6.33 Å². The Hall–Kier alpha value is -2.49. The maximum atomic E-state index is 4.56. The lowest BCUT2D eigenvalue weighted by Crippen LogP contribution is -1.98. The molecule has 3 aromatic rings. The molecule has 0 fully saturated rings. The van der Waals surface area contributed by atoms with Gasteiger partial charge in [-0.05, 0) is 25.5 Å². The third kappa shape index (κ3) is 2.99. The summed E-state index contributed by atoms with van der Waals surface area (Å²) >= 11 is 0. The smallest absolute Gasteiger partial charge is 0.181 e. The van der Waals surface area contributed by atoms with Gasteiger partial charge in [0.2, 0.25) is 0 Å². The van der Waals surface area contributed by atoms with E-state index in [1.807, 2.05) is 24.4 Å². The SMILES string of the molecule is CCCc1cc(-n2cnc(-c3ccc(C)cc3)n2)ccn1. The molecule has 4 heteroatoms. The summed E-state index contributed by atoms with van der Waals surface area (Å²) in [6, 6.07) is 12.3. The fourth-order valence-corrected chi connectivity index (χ4v) is 2.22. The number of pyridine rings is 1. The van der Waals surface area contributed by atoms with E-state index in [-0.39, 0.29) is 0 Å². The first-order valence-electron chi connectivity index (χ1n) is 7.20. The molecule has 2 heterocycles. The Morgan fingerprint density at radius 2 is 1.86 bits per heavy atom. The van der Waals surface area contributed by atoms with Crippen LogP contribution in [-0.4, -0.2) is 19.7 Å². The Balaban J connectivity index is 1.91. The highest BCUT2D eigenvalue weighted by atomic mass is 15.3. The average Bonchev–Trinajstić information content (AvgIpc) is 2.98. The molecule has 0 bridgehead atoms. The lowest BCUT2D eigenvalue weighted by atomic mass is 10.1. The van der Waals surface area contributed by atoms with Crippen LogP contribution in [0.25, 0.3) is 17.1 Å².